The van der Waals surface area contributed by atoms with Gasteiger partial charge in [-0.15, -0.1) is 11.3 Å². The molecular formula is C40H59N5O7S. The summed E-state index contributed by atoms with van der Waals surface area (Å²) >= 11 is 1.21. The Hall–Kier alpha value is -3.84. The van der Waals surface area contributed by atoms with Gasteiger partial charge in [0, 0.05) is 43.9 Å². The van der Waals surface area contributed by atoms with E-state index < -0.39 is 29.9 Å². The fourth-order valence-corrected chi connectivity index (χ4v) is 8.25. The van der Waals surface area contributed by atoms with Crippen LogP contribution < -0.4 is 10.6 Å². The van der Waals surface area contributed by atoms with Gasteiger partial charge in [0.1, 0.15) is 16.7 Å². The van der Waals surface area contributed by atoms with E-state index in [9.17, 15) is 24.0 Å². The van der Waals surface area contributed by atoms with Crippen molar-refractivity contribution in [1.29, 1.82) is 0 Å². The molecule has 53 heavy (non-hydrogen) atoms. The van der Waals surface area contributed by atoms with Crippen LogP contribution in [0.3, 0.4) is 0 Å². The van der Waals surface area contributed by atoms with Crippen LogP contribution in [0.1, 0.15) is 114 Å². The fraction of sp³-hybridized carbons (Fsp3) is 0.650. The van der Waals surface area contributed by atoms with Crippen molar-refractivity contribution in [2.24, 2.45) is 17.8 Å². The maximum atomic E-state index is 14.2. The Morgan fingerprint density at radius 2 is 1.68 bits per heavy atom. The number of amides is 3. The summed E-state index contributed by atoms with van der Waals surface area (Å²) in [4.78, 5) is 74.6. The number of methoxy groups -OCH3 is 1. The second kappa shape index (κ2) is 19.5. The third-order valence-electron chi connectivity index (χ3n) is 10.5. The average Bonchev–Trinajstić information content (AvgIpc) is 3.85. The molecule has 0 bridgehead atoms. The van der Waals surface area contributed by atoms with Crippen molar-refractivity contribution < 1.29 is 33.4 Å². The standard InChI is InChI=1S/C40H59N5O7S/c1-24(2)33(44(7)39(49)35(29-17-18-29)43-37(48)32-16-12-13-19-45(32)25(3)4)22-34(52-27(6)46)38-42-31(23-53-38)36(47)41-30(20-26(5)40(50)51-8)21-28-14-10-9-11-15-28/h9-11,14-15,23-26,29-30,32-35H,12-13,16-22H2,1-8H3,(H,41,47)(H,43,48)/t26-,30+,32+,33+,34+,35-/m0/s1. The Bertz CT molecular complexity index is 1540. The first kappa shape index (κ1) is 41.9. The summed E-state index contributed by atoms with van der Waals surface area (Å²) in [5.74, 6) is -1.87. The molecule has 292 valence electrons. The smallest absolute Gasteiger partial charge is 0.308 e. The van der Waals surface area contributed by atoms with Crippen LogP contribution in [-0.2, 0) is 35.1 Å². The molecule has 0 spiro atoms. The van der Waals surface area contributed by atoms with Crippen molar-refractivity contribution in [2.75, 3.05) is 20.7 Å². The minimum absolute atomic E-state index is 0.0226. The highest BCUT2D eigenvalue weighted by atomic mass is 32.1. The van der Waals surface area contributed by atoms with E-state index in [0.717, 1.165) is 44.2 Å². The normalized spacial score (nSPS) is 19.1. The molecule has 13 heteroatoms. The minimum Gasteiger partial charge on any atom is -0.469 e. The van der Waals surface area contributed by atoms with E-state index >= 15 is 0 Å². The topological polar surface area (TPSA) is 147 Å². The molecule has 1 saturated carbocycles. The molecule has 1 aliphatic heterocycles. The molecule has 1 aliphatic carbocycles. The lowest BCUT2D eigenvalue weighted by molar-refractivity contribution is -0.149. The van der Waals surface area contributed by atoms with Crippen molar-refractivity contribution in [3.05, 3.63) is 52.0 Å². The van der Waals surface area contributed by atoms with E-state index in [4.69, 9.17) is 9.47 Å². The van der Waals surface area contributed by atoms with E-state index in [1.54, 1.807) is 24.3 Å². The number of carbonyl (C=O) groups is 5. The SMILES string of the molecule is COC(=O)[C@@H](C)C[C@H](Cc1ccccc1)NC(=O)c1csc([C@@H](C[C@H](C(C)C)N(C)C(=O)[C@@H](NC(=O)[C@H]2CCCCN2C(C)C)C2CC2)OC(C)=O)n1. The van der Waals surface area contributed by atoms with E-state index in [0.29, 0.717) is 17.8 Å². The van der Waals surface area contributed by atoms with Crippen LogP contribution in [0.5, 0.6) is 0 Å². The number of piperidine rings is 1. The molecule has 2 fully saturated rings. The van der Waals surface area contributed by atoms with Crippen molar-refractivity contribution in [3.63, 3.8) is 0 Å². The summed E-state index contributed by atoms with van der Waals surface area (Å²) < 4.78 is 10.7. The van der Waals surface area contributed by atoms with E-state index in [2.05, 4.69) is 34.4 Å². The van der Waals surface area contributed by atoms with Gasteiger partial charge in [0.15, 0.2) is 6.10 Å². The third kappa shape index (κ3) is 11.8. The number of carbonyl (C=O) groups excluding carboxylic acids is 5. The molecule has 12 nitrogen and oxygen atoms in total. The summed E-state index contributed by atoms with van der Waals surface area (Å²) in [5, 5.41) is 8.28. The Labute approximate surface area is 318 Å². The van der Waals surface area contributed by atoms with Crippen molar-refractivity contribution in [3.8, 4) is 0 Å². The first-order chi connectivity index (χ1) is 25.2. The van der Waals surface area contributed by atoms with Crippen molar-refractivity contribution in [2.45, 2.75) is 129 Å². The second-order valence-corrected chi connectivity index (χ2v) is 16.2. The number of likely N-dealkylation sites (tertiary alicyclic amines) is 1. The lowest BCUT2D eigenvalue weighted by Crippen LogP contribution is -2.58. The zero-order valence-electron chi connectivity index (χ0n) is 32.6. The zero-order chi connectivity index (χ0) is 38.8. The molecule has 0 unspecified atom stereocenters. The highest BCUT2D eigenvalue weighted by molar-refractivity contribution is 7.09. The van der Waals surface area contributed by atoms with Crippen LogP contribution in [0.25, 0.3) is 0 Å². The Morgan fingerprint density at radius 1 is 0.981 bits per heavy atom. The maximum absolute atomic E-state index is 14.2. The van der Waals surface area contributed by atoms with Crippen LogP contribution in [0.4, 0.5) is 0 Å². The molecule has 6 atom stereocenters. The number of hydrogen-bond acceptors (Lipinski definition) is 10. The molecular weight excluding hydrogens is 695 g/mol. The molecule has 0 radical (unpaired) electrons. The van der Waals surface area contributed by atoms with Crippen LogP contribution in [0, 0.1) is 17.8 Å². The number of ether oxygens (including phenoxy) is 2. The molecule has 2 aliphatic rings. The van der Waals surface area contributed by atoms with Crippen LogP contribution >= 0.6 is 11.3 Å². The number of likely N-dealkylation sites (N-methyl/N-ethyl adjacent to an activating group) is 1. The van der Waals surface area contributed by atoms with Gasteiger partial charge in [0.2, 0.25) is 11.8 Å². The highest BCUT2D eigenvalue weighted by Gasteiger charge is 2.43. The van der Waals surface area contributed by atoms with Gasteiger partial charge in [-0.25, -0.2) is 4.98 Å². The Morgan fingerprint density at radius 3 is 2.28 bits per heavy atom. The van der Waals surface area contributed by atoms with E-state index in [1.807, 2.05) is 44.2 Å². The number of aromatic nitrogens is 1. The first-order valence-electron chi connectivity index (χ1n) is 19.1. The van der Waals surface area contributed by atoms with Crippen molar-refractivity contribution in [1.82, 2.24) is 25.4 Å². The van der Waals surface area contributed by atoms with Crippen LogP contribution in [0.2, 0.25) is 0 Å². The van der Waals surface area contributed by atoms with Gasteiger partial charge in [-0.05, 0) is 76.3 Å². The van der Waals surface area contributed by atoms with Gasteiger partial charge in [0.05, 0.1) is 19.1 Å². The minimum atomic E-state index is -0.808. The predicted molar refractivity (Wildman–Crippen MR) is 204 cm³/mol. The highest BCUT2D eigenvalue weighted by Crippen LogP contribution is 2.36. The van der Waals surface area contributed by atoms with Gasteiger partial charge in [-0.3, -0.25) is 28.9 Å². The van der Waals surface area contributed by atoms with E-state index in [-0.39, 0.29) is 65.9 Å². The lowest BCUT2D eigenvalue weighted by Gasteiger charge is -2.39. The summed E-state index contributed by atoms with van der Waals surface area (Å²) in [6.07, 6.45) is 4.91. The Kier molecular flexibility index (Phi) is 15.4. The van der Waals surface area contributed by atoms with Gasteiger partial charge >= 0.3 is 11.9 Å². The summed E-state index contributed by atoms with van der Waals surface area (Å²) in [6.45, 7) is 12.2. The first-order valence-corrected chi connectivity index (χ1v) is 20.0. The number of benzene rings is 1. The number of nitrogens with one attached hydrogen (secondary N) is 2. The summed E-state index contributed by atoms with van der Waals surface area (Å²) in [6, 6.07) is 8.34. The van der Waals surface area contributed by atoms with Crippen LogP contribution in [-0.4, -0.2) is 95.4 Å². The molecule has 2 aromatic rings. The number of nitrogens with zero attached hydrogens (tertiary/aromatic N) is 3. The average molecular weight is 754 g/mol. The molecule has 1 aromatic carbocycles. The van der Waals surface area contributed by atoms with E-state index in [1.165, 1.54) is 25.4 Å². The van der Waals surface area contributed by atoms with Crippen LogP contribution in [0.15, 0.2) is 35.7 Å². The molecule has 1 saturated heterocycles. The quantitative estimate of drug-likeness (QED) is 0.193. The monoisotopic (exact) mass is 753 g/mol. The molecule has 1 aromatic heterocycles. The van der Waals surface area contributed by atoms with Gasteiger partial charge in [-0.1, -0.05) is 57.5 Å². The molecule has 2 N–H and O–H groups in total. The predicted octanol–water partition coefficient (Wildman–Crippen LogP) is 5.32. The lowest BCUT2D eigenvalue weighted by atomic mass is 9.95. The number of rotatable bonds is 18. The van der Waals surface area contributed by atoms with Gasteiger partial charge in [-0.2, -0.15) is 0 Å². The maximum Gasteiger partial charge on any atom is 0.308 e. The van der Waals surface area contributed by atoms with Crippen molar-refractivity contribution >= 4 is 41.0 Å². The number of hydrogen-bond donors (Lipinski definition) is 2. The molecule has 4 rings (SSSR count). The summed E-state index contributed by atoms with van der Waals surface area (Å²) in [5.41, 5.74) is 1.18. The number of esters is 2. The zero-order valence-corrected chi connectivity index (χ0v) is 33.4. The second-order valence-electron chi connectivity index (χ2n) is 15.4. The molecule has 3 amide bonds. The Balaban J connectivity index is 1.49. The number of thiazole rings is 1. The summed E-state index contributed by atoms with van der Waals surface area (Å²) in [7, 11) is 3.10. The third-order valence-corrected chi connectivity index (χ3v) is 11.4. The molecule has 2 heterocycles. The largest absolute Gasteiger partial charge is 0.469 e. The van der Waals surface area contributed by atoms with Gasteiger partial charge in [0.25, 0.3) is 5.91 Å². The van der Waals surface area contributed by atoms with Gasteiger partial charge < -0.3 is 25.0 Å². The fourth-order valence-electron chi connectivity index (χ4n) is 7.41.